The zero-order chi connectivity index (χ0) is 17.3. The molecule has 23 heavy (non-hydrogen) atoms. The Morgan fingerprint density at radius 1 is 1.09 bits per heavy atom. The molecule has 0 radical (unpaired) electrons. The van der Waals surface area contributed by atoms with Crippen molar-refractivity contribution < 1.29 is 14.3 Å². The topological polar surface area (TPSA) is 38.8 Å². The van der Waals surface area contributed by atoms with Crippen molar-refractivity contribution in [2.45, 2.75) is 106 Å². The van der Waals surface area contributed by atoms with Crippen LogP contribution in [0.2, 0.25) is 15.8 Å². The number of hydrogen-bond acceptors (Lipinski definition) is 3. The van der Waals surface area contributed by atoms with Crippen molar-refractivity contribution in [1.29, 1.82) is 0 Å². The van der Waals surface area contributed by atoms with Gasteiger partial charge in [0.05, 0.1) is 0 Å². The van der Waals surface area contributed by atoms with Crippen molar-refractivity contribution >= 4 is 19.2 Å². The number of hydrogen-bond donors (Lipinski definition) is 0. The molecule has 0 amide bonds. The second kappa shape index (κ2) is 7.07. The molecular weight excluding hydrogens is 349 g/mol. The van der Waals surface area contributed by atoms with Gasteiger partial charge in [0.1, 0.15) is 0 Å². The van der Waals surface area contributed by atoms with Gasteiger partial charge in [0.25, 0.3) is 0 Å². The van der Waals surface area contributed by atoms with Crippen LogP contribution in [0, 0.1) is 5.92 Å². The van der Waals surface area contributed by atoms with Crippen molar-refractivity contribution in [3.63, 3.8) is 0 Å². The predicted molar refractivity (Wildman–Crippen MR) is 97.2 cm³/mol. The molecule has 0 aromatic heterocycles. The molecule has 2 fully saturated rings. The zero-order valence-corrected chi connectivity index (χ0v) is 18.1. The monoisotopic (exact) mass is 386 g/mol. The number of carbonyl (C=O) groups is 1. The van der Waals surface area contributed by atoms with E-state index in [9.17, 15) is 4.79 Å². The summed E-state index contributed by atoms with van der Waals surface area (Å²) in [6.07, 6.45) is 6.15. The summed E-state index contributed by atoms with van der Waals surface area (Å²) in [6.45, 7) is 12.9. The van der Waals surface area contributed by atoms with E-state index in [4.69, 9.17) is 9.47 Å². The van der Waals surface area contributed by atoms with Gasteiger partial charge in [-0.3, -0.25) is 0 Å². The molecule has 0 aromatic carbocycles. The first-order chi connectivity index (χ1) is 10.8. The van der Waals surface area contributed by atoms with E-state index in [1.54, 1.807) is 0 Å². The Hall–Kier alpha value is -0.0271. The van der Waals surface area contributed by atoms with E-state index in [-0.39, 0.29) is 16.5 Å². The van der Waals surface area contributed by atoms with Gasteiger partial charge in [-0.1, -0.05) is 0 Å². The Balaban J connectivity index is 2.30. The van der Waals surface area contributed by atoms with Crippen LogP contribution in [0.5, 0.6) is 0 Å². The minimum atomic E-state index is -2.25. The normalized spacial score (nSPS) is 29.4. The van der Waals surface area contributed by atoms with Gasteiger partial charge in [-0.2, -0.15) is 0 Å². The molecule has 2 atom stereocenters. The summed E-state index contributed by atoms with van der Waals surface area (Å²) in [6, 6.07) is 0. The number of epoxide rings is 1. The van der Waals surface area contributed by atoms with Crippen molar-refractivity contribution in [3.05, 3.63) is 0 Å². The van der Waals surface area contributed by atoms with E-state index in [2.05, 4.69) is 20.8 Å². The third-order valence-corrected chi connectivity index (χ3v) is 20.0. The molecule has 0 N–H and O–H groups in total. The van der Waals surface area contributed by atoms with E-state index in [0.717, 1.165) is 0 Å². The summed E-state index contributed by atoms with van der Waals surface area (Å²) in [7, 11) is 0. The van der Waals surface area contributed by atoms with Crippen molar-refractivity contribution in [3.8, 4) is 0 Å². The molecule has 1 aliphatic heterocycles. The summed E-state index contributed by atoms with van der Waals surface area (Å²) >= 11 is -2.25. The third kappa shape index (κ3) is 3.51. The molecule has 1 saturated carbocycles. The fourth-order valence-electron chi connectivity index (χ4n) is 5.00. The molecule has 3 nitrogen and oxygen atoms in total. The molecule has 1 saturated heterocycles. The fraction of sp³-hybridized carbons (Fsp3) is 0.947. The number of esters is 1. The Morgan fingerprint density at radius 3 is 2.04 bits per heavy atom. The first kappa shape index (κ1) is 19.3. The molecule has 1 aliphatic carbocycles. The third-order valence-electron chi connectivity index (χ3n) is 6.34. The minimum absolute atomic E-state index is 0.0962. The zero-order valence-electron chi connectivity index (χ0n) is 16.0. The van der Waals surface area contributed by atoms with Crippen LogP contribution in [0.3, 0.4) is 0 Å². The summed E-state index contributed by atoms with van der Waals surface area (Å²) < 4.78 is 12.0. The Bertz CT molecular complexity index is 411. The number of rotatable bonds is 6. The van der Waals surface area contributed by atoms with Gasteiger partial charge < -0.3 is 0 Å². The van der Waals surface area contributed by atoms with Crippen LogP contribution in [-0.4, -0.2) is 35.4 Å². The van der Waals surface area contributed by atoms with Crippen LogP contribution in [0.1, 0.15) is 73.6 Å². The maximum atomic E-state index is 12.8. The molecule has 2 aliphatic rings. The number of ether oxygens (including phenoxy) is 2. The molecule has 2 rings (SSSR count). The molecule has 0 bridgehead atoms. The molecule has 0 aromatic rings. The van der Waals surface area contributed by atoms with Crippen LogP contribution in [0.25, 0.3) is 0 Å². The molecule has 0 spiro atoms. The average molecular weight is 385 g/mol. The van der Waals surface area contributed by atoms with Crippen LogP contribution >= 0.6 is 0 Å². The maximum absolute atomic E-state index is 12.8. The van der Waals surface area contributed by atoms with E-state index in [1.807, 2.05) is 20.8 Å². The van der Waals surface area contributed by atoms with E-state index >= 15 is 0 Å². The van der Waals surface area contributed by atoms with E-state index in [1.165, 1.54) is 47.9 Å². The second-order valence-corrected chi connectivity index (χ2v) is 20.0. The van der Waals surface area contributed by atoms with Crippen molar-refractivity contribution in [2.24, 2.45) is 5.92 Å². The average Bonchev–Trinajstić information content (AvgIpc) is 3.26. The molecule has 4 heteroatoms. The molecule has 134 valence electrons. The Morgan fingerprint density at radius 2 is 1.61 bits per heavy atom. The molecule has 1 heterocycles. The first-order valence-electron chi connectivity index (χ1n) is 9.67. The second-order valence-electron chi connectivity index (χ2n) is 8.50. The van der Waals surface area contributed by atoms with Crippen molar-refractivity contribution in [2.75, 3.05) is 0 Å². The summed E-state index contributed by atoms with van der Waals surface area (Å²) in [5, 5.41) is 3.76. The summed E-state index contributed by atoms with van der Waals surface area (Å²) in [5.74, 6) is 0.488. The van der Waals surface area contributed by atoms with Crippen LogP contribution in [-0.2, 0) is 14.3 Å². The van der Waals surface area contributed by atoms with Gasteiger partial charge >= 0.3 is 145 Å². The van der Waals surface area contributed by atoms with Gasteiger partial charge in [-0.25, -0.2) is 0 Å². The first-order valence-corrected chi connectivity index (χ1v) is 15.2. The predicted octanol–water partition coefficient (Wildman–Crippen LogP) is 5.09. The number of carbonyl (C=O) groups excluding carboxylic acids is 1. The van der Waals surface area contributed by atoms with Crippen LogP contribution < -0.4 is 0 Å². The van der Waals surface area contributed by atoms with Crippen LogP contribution in [0.4, 0.5) is 0 Å². The van der Waals surface area contributed by atoms with E-state index in [0.29, 0.717) is 5.92 Å². The molecule has 0 unspecified atom stereocenters. The van der Waals surface area contributed by atoms with Gasteiger partial charge in [-0.05, 0) is 0 Å². The Kier molecular flexibility index (Phi) is 5.93. The fourth-order valence-corrected chi connectivity index (χ4v) is 16.2. The quantitative estimate of drug-likeness (QED) is 0.363. The van der Waals surface area contributed by atoms with E-state index < -0.39 is 18.9 Å². The van der Waals surface area contributed by atoms with Gasteiger partial charge in [-0.15, -0.1) is 0 Å². The van der Waals surface area contributed by atoms with Gasteiger partial charge in [0, 0.05) is 0 Å². The molecular formula is C19H36GeO3. The van der Waals surface area contributed by atoms with Crippen LogP contribution in [0.15, 0.2) is 0 Å². The summed E-state index contributed by atoms with van der Waals surface area (Å²) in [5.41, 5.74) is -0.429. The SMILES string of the molecule is C[CH2][Ge]([CH2]C)([CH2]C)[C@@]1(C2CCCCC2)O[C@@H]1C(=O)OC(C)(C)C. The Labute approximate surface area is 145 Å². The summed E-state index contributed by atoms with van der Waals surface area (Å²) in [4.78, 5) is 12.8. The van der Waals surface area contributed by atoms with Gasteiger partial charge in [0.2, 0.25) is 0 Å². The van der Waals surface area contributed by atoms with Crippen molar-refractivity contribution in [1.82, 2.24) is 0 Å². The standard InChI is InChI=1S/C19H36GeO3/c1-7-20(8-2,9-3)19(15-13-11-10-12-14-15)16(22-19)17(21)23-18(4,5)6/h15-16H,7-14H2,1-6H3/t16-,19+/m1/s1. The van der Waals surface area contributed by atoms with Gasteiger partial charge in [0.15, 0.2) is 0 Å².